The molecule has 0 amide bonds. The van der Waals surface area contributed by atoms with Gasteiger partial charge in [-0.15, -0.1) is 0 Å². The van der Waals surface area contributed by atoms with Crippen LogP contribution in [0.15, 0.2) is 22.7 Å². The molecule has 20 heavy (non-hydrogen) atoms. The van der Waals surface area contributed by atoms with Crippen LogP contribution in [-0.4, -0.2) is 37.7 Å². The number of methoxy groups -OCH3 is 1. The molecule has 114 valence electrons. The summed E-state index contributed by atoms with van der Waals surface area (Å²) >= 11 is 3.53. The monoisotopic (exact) mass is 343 g/mol. The number of nitrogens with zero attached hydrogens (tertiary/aromatic N) is 1. The van der Waals surface area contributed by atoms with E-state index < -0.39 is 0 Å². The second kappa shape index (κ2) is 7.41. The van der Waals surface area contributed by atoms with Crippen LogP contribution in [-0.2, 0) is 6.42 Å². The fourth-order valence-corrected chi connectivity index (χ4v) is 2.99. The Morgan fingerprint density at radius 3 is 2.50 bits per heavy atom. The lowest BCUT2D eigenvalue weighted by molar-refractivity contribution is 0.112. The summed E-state index contributed by atoms with van der Waals surface area (Å²) in [6, 6.07) is 6.32. The molecule has 5 heteroatoms. The molecule has 2 atom stereocenters. The third-order valence-corrected chi connectivity index (χ3v) is 4.97. The molecule has 0 heterocycles. The van der Waals surface area contributed by atoms with Crippen LogP contribution in [0.3, 0.4) is 0 Å². The van der Waals surface area contributed by atoms with Crippen molar-refractivity contribution in [1.29, 1.82) is 0 Å². The number of hydrogen-bond donors (Lipinski definition) is 2. The minimum absolute atomic E-state index is 0.00114. The van der Waals surface area contributed by atoms with E-state index in [1.165, 1.54) is 5.56 Å². The maximum atomic E-state index is 5.80. The predicted molar refractivity (Wildman–Crippen MR) is 87.9 cm³/mol. The molecule has 0 aliphatic rings. The molecule has 3 N–H and O–H groups in total. The van der Waals surface area contributed by atoms with E-state index in [9.17, 15) is 0 Å². The van der Waals surface area contributed by atoms with Gasteiger partial charge >= 0.3 is 0 Å². The molecule has 2 unspecified atom stereocenters. The first-order chi connectivity index (χ1) is 9.38. The molecule has 1 rings (SSSR count). The van der Waals surface area contributed by atoms with Crippen LogP contribution in [0.1, 0.15) is 25.8 Å². The van der Waals surface area contributed by atoms with E-state index in [1.54, 1.807) is 7.11 Å². The molecule has 0 bridgehead atoms. The number of nitrogens with two attached hydrogens (primary N) is 1. The highest BCUT2D eigenvalue weighted by molar-refractivity contribution is 9.10. The van der Waals surface area contributed by atoms with Crippen LogP contribution in [0.5, 0.6) is 5.75 Å². The minimum Gasteiger partial charge on any atom is -0.496 e. The van der Waals surface area contributed by atoms with Crippen LogP contribution in [0.2, 0.25) is 0 Å². The average Bonchev–Trinajstić information content (AvgIpc) is 2.43. The predicted octanol–water partition coefficient (Wildman–Crippen LogP) is 2.56. The summed E-state index contributed by atoms with van der Waals surface area (Å²) in [5, 5.41) is 0. The maximum absolute atomic E-state index is 5.80. The summed E-state index contributed by atoms with van der Waals surface area (Å²) in [6.45, 7) is 4.42. The molecular weight excluding hydrogens is 318 g/mol. The van der Waals surface area contributed by atoms with Crippen LogP contribution in [0.4, 0.5) is 0 Å². The van der Waals surface area contributed by atoms with Gasteiger partial charge in [-0.2, -0.15) is 0 Å². The average molecular weight is 344 g/mol. The van der Waals surface area contributed by atoms with E-state index in [2.05, 4.69) is 66.3 Å². The Morgan fingerprint density at radius 1 is 1.45 bits per heavy atom. The van der Waals surface area contributed by atoms with Gasteiger partial charge in [0.15, 0.2) is 0 Å². The van der Waals surface area contributed by atoms with Crippen molar-refractivity contribution in [1.82, 2.24) is 10.3 Å². The first-order valence-corrected chi connectivity index (χ1v) is 7.64. The summed E-state index contributed by atoms with van der Waals surface area (Å²) in [5.74, 6) is 6.65. The van der Waals surface area contributed by atoms with Crippen molar-refractivity contribution >= 4 is 15.9 Å². The highest BCUT2D eigenvalue weighted by Crippen LogP contribution is 2.28. The Morgan fingerprint density at radius 2 is 2.10 bits per heavy atom. The summed E-state index contributed by atoms with van der Waals surface area (Å²) < 4.78 is 6.23. The first kappa shape index (κ1) is 17.4. The Bertz CT molecular complexity index is 439. The second-order valence-electron chi connectivity index (χ2n) is 5.50. The molecule has 0 aliphatic heterocycles. The lowest BCUT2D eigenvalue weighted by Crippen LogP contribution is -2.59. The summed E-state index contributed by atoms with van der Waals surface area (Å²) in [5.41, 5.74) is 4.21. The van der Waals surface area contributed by atoms with Crippen molar-refractivity contribution in [2.45, 2.75) is 38.3 Å². The van der Waals surface area contributed by atoms with Crippen molar-refractivity contribution in [3.63, 3.8) is 0 Å². The molecule has 0 aromatic heterocycles. The molecule has 0 aliphatic carbocycles. The van der Waals surface area contributed by atoms with E-state index >= 15 is 0 Å². The molecule has 0 saturated carbocycles. The fraction of sp³-hybridized carbons (Fsp3) is 0.600. The van der Waals surface area contributed by atoms with Gasteiger partial charge in [0.1, 0.15) is 5.75 Å². The Hall–Kier alpha value is -0.620. The normalized spacial score (nSPS) is 16.0. The van der Waals surface area contributed by atoms with Crippen molar-refractivity contribution < 1.29 is 4.74 Å². The number of hydrogen-bond acceptors (Lipinski definition) is 4. The number of benzene rings is 1. The molecule has 1 aromatic rings. The lowest BCUT2D eigenvalue weighted by atomic mass is 9.84. The Kier molecular flexibility index (Phi) is 6.45. The maximum Gasteiger partial charge on any atom is 0.133 e. The molecule has 0 radical (unpaired) electrons. The highest BCUT2D eigenvalue weighted by Gasteiger charge is 2.34. The molecule has 0 fully saturated rings. The molecule has 4 nitrogen and oxygen atoms in total. The van der Waals surface area contributed by atoms with Crippen molar-refractivity contribution in [3.05, 3.63) is 28.2 Å². The second-order valence-corrected chi connectivity index (χ2v) is 6.35. The molecule has 1 aromatic carbocycles. The zero-order valence-electron chi connectivity index (χ0n) is 13.0. The Balaban J connectivity index is 2.96. The van der Waals surface area contributed by atoms with E-state index in [-0.39, 0.29) is 11.6 Å². The number of halogens is 1. The quantitative estimate of drug-likeness (QED) is 0.590. The van der Waals surface area contributed by atoms with Gasteiger partial charge in [-0.1, -0.05) is 13.0 Å². The van der Waals surface area contributed by atoms with Gasteiger partial charge in [0.25, 0.3) is 0 Å². The fourth-order valence-electron chi connectivity index (χ4n) is 2.41. The summed E-state index contributed by atoms with van der Waals surface area (Å²) in [7, 11) is 5.86. The third-order valence-electron chi connectivity index (χ3n) is 4.35. The van der Waals surface area contributed by atoms with Crippen molar-refractivity contribution in [2.24, 2.45) is 5.84 Å². The Labute approximate surface area is 130 Å². The van der Waals surface area contributed by atoms with Gasteiger partial charge in [-0.3, -0.25) is 11.3 Å². The van der Waals surface area contributed by atoms with Crippen LogP contribution in [0.25, 0.3) is 0 Å². The van der Waals surface area contributed by atoms with E-state index in [1.807, 2.05) is 6.07 Å². The summed E-state index contributed by atoms with van der Waals surface area (Å²) in [6.07, 6.45) is 1.88. The van der Waals surface area contributed by atoms with Crippen LogP contribution >= 0.6 is 15.9 Å². The van der Waals surface area contributed by atoms with Crippen molar-refractivity contribution in [3.8, 4) is 5.75 Å². The van der Waals surface area contributed by atoms with Crippen molar-refractivity contribution in [2.75, 3.05) is 21.2 Å². The molecule has 0 saturated heterocycles. The van der Waals surface area contributed by atoms with Gasteiger partial charge in [-0.05, 0) is 67.5 Å². The zero-order valence-corrected chi connectivity index (χ0v) is 14.6. The smallest absolute Gasteiger partial charge is 0.133 e. The number of ether oxygens (including phenoxy) is 1. The largest absolute Gasteiger partial charge is 0.496 e. The molecular formula is C15H26BrN3O. The number of likely N-dealkylation sites (N-methyl/N-ethyl adjacent to an activating group) is 1. The number of nitrogens with one attached hydrogen (secondary N) is 1. The standard InChI is InChI=1S/C15H26BrN3O/c1-6-15(2,19(3)4)14(18-17)10-11-7-8-13(20-5)12(16)9-11/h7-9,14,18H,6,10,17H2,1-5H3. The van der Waals surface area contributed by atoms with Gasteiger partial charge in [0, 0.05) is 11.6 Å². The van der Waals surface area contributed by atoms with Gasteiger partial charge < -0.3 is 9.64 Å². The highest BCUT2D eigenvalue weighted by atomic mass is 79.9. The van der Waals surface area contributed by atoms with E-state index in [4.69, 9.17) is 10.6 Å². The van der Waals surface area contributed by atoms with E-state index in [0.29, 0.717) is 0 Å². The van der Waals surface area contributed by atoms with Gasteiger partial charge in [0.05, 0.1) is 11.6 Å². The number of rotatable bonds is 7. The van der Waals surface area contributed by atoms with Crippen LogP contribution < -0.4 is 16.0 Å². The zero-order chi connectivity index (χ0) is 15.3. The summed E-state index contributed by atoms with van der Waals surface area (Å²) in [4.78, 5) is 2.23. The lowest BCUT2D eigenvalue weighted by Gasteiger charge is -2.42. The van der Waals surface area contributed by atoms with Gasteiger partial charge in [-0.25, -0.2) is 0 Å². The minimum atomic E-state index is 0.00114. The third kappa shape index (κ3) is 3.73. The first-order valence-electron chi connectivity index (χ1n) is 6.85. The van der Waals surface area contributed by atoms with Crippen LogP contribution in [0, 0.1) is 0 Å². The number of hydrazine groups is 1. The molecule has 0 spiro atoms. The van der Waals surface area contributed by atoms with Gasteiger partial charge in [0.2, 0.25) is 0 Å². The van der Waals surface area contributed by atoms with E-state index in [0.717, 1.165) is 23.1 Å². The topological polar surface area (TPSA) is 50.5 Å². The SMILES string of the molecule is CCC(C)(C(Cc1ccc(OC)c(Br)c1)NN)N(C)C.